The number of carboxylic acid groups (broad SMARTS) is 1. The minimum Gasteiger partial charge on any atom is -0.481 e. The molecule has 0 aliphatic heterocycles. The molecule has 0 heterocycles. The molecule has 0 bridgehead atoms. The number of amides is 2. The highest BCUT2D eigenvalue weighted by atomic mass is 16.5. The first-order chi connectivity index (χ1) is 17.0. The SMILES string of the molecule is CCCN(CCC(=O)O)C(=O)C1CC=CC(NC(=O)OCC2c3ccccc3-c3ccccc32)C1. The zero-order valence-electron chi connectivity index (χ0n) is 20.0. The maximum atomic E-state index is 13.0. The highest BCUT2D eigenvalue weighted by Crippen LogP contribution is 2.44. The summed E-state index contributed by atoms with van der Waals surface area (Å²) in [6.07, 6.45) is 5.02. The van der Waals surface area contributed by atoms with Crippen molar-refractivity contribution in [3.63, 3.8) is 0 Å². The Bertz CT molecular complexity index is 1070. The summed E-state index contributed by atoms with van der Waals surface area (Å²) < 4.78 is 5.64. The molecule has 184 valence electrons. The molecule has 7 nitrogen and oxygen atoms in total. The molecule has 2 aromatic carbocycles. The first-order valence-electron chi connectivity index (χ1n) is 12.3. The number of fused-ring (bicyclic) bond motifs is 3. The summed E-state index contributed by atoms with van der Waals surface area (Å²) in [5.41, 5.74) is 4.66. The summed E-state index contributed by atoms with van der Waals surface area (Å²) >= 11 is 0. The van der Waals surface area contributed by atoms with Gasteiger partial charge in [-0.05, 0) is 41.5 Å². The Morgan fingerprint density at radius 2 is 1.69 bits per heavy atom. The molecule has 4 rings (SSSR count). The van der Waals surface area contributed by atoms with E-state index in [0.717, 1.165) is 17.5 Å². The average Bonchev–Trinajstić information content (AvgIpc) is 3.18. The smallest absolute Gasteiger partial charge is 0.407 e. The molecule has 0 saturated carbocycles. The Labute approximate surface area is 205 Å². The van der Waals surface area contributed by atoms with Crippen molar-refractivity contribution in [1.29, 1.82) is 0 Å². The van der Waals surface area contributed by atoms with Crippen LogP contribution in [0.3, 0.4) is 0 Å². The van der Waals surface area contributed by atoms with E-state index < -0.39 is 12.1 Å². The molecule has 2 aliphatic carbocycles. The van der Waals surface area contributed by atoms with Crippen LogP contribution in [-0.4, -0.2) is 53.7 Å². The molecule has 35 heavy (non-hydrogen) atoms. The van der Waals surface area contributed by atoms with Crippen molar-refractivity contribution in [1.82, 2.24) is 10.2 Å². The second kappa shape index (κ2) is 11.2. The molecule has 2 N–H and O–H groups in total. The Morgan fingerprint density at radius 3 is 2.31 bits per heavy atom. The third-order valence-corrected chi connectivity index (χ3v) is 6.72. The van der Waals surface area contributed by atoms with Crippen LogP contribution in [0.15, 0.2) is 60.7 Å². The van der Waals surface area contributed by atoms with Gasteiger partial charge in [0.05, 0.1) is 12.5 Å². The van der Waals surface area contributed by atoms with Crippen LogP contribution in [0.25, 0.3) is 11.1 Å². The van der Waals surface area contributed by atoms with Crippen LogP contribution in [0.1, 0.15) is 49.7 Å². The van der Waals surface area contributed by atoms with Gasteiger partial charge in [0, 0.05) is 24.9 Å². The van der Waals surface area contributed by atoms with Gasteiger partial charge in [-0.3, -0.25) is 9.59 Å². The molecule has 2 aliphatic rings. The van der Waals surface area contributed by atoms with E-state index in [2.05, 4.69) is 29.6 Å². The fraction of sp³-hybridized carbons (Fsp3) is 0.393. The van der Waals surface area contributed by atoms with E-state index in [1.807, 2.05) is 43.3 Å². The van der Waals surface area contributed by atoms with Gasteiger partial charge in [-0.25, -0.2) is 4.79 Å². The van der Waals surface area contributed by atoms with Crippen LogP contribution in [-0.2, 0) is 14.3 Å². The van der Waals surface area contributed by atoms with Crippen molar-refractivity contribution in [2.24, 2.45) is 5.92 Å². The molecule has 2 amide bonds. The third kappa shape index (κ3) is 5.73. The number of nitrogens with one attached hydrogen (secondary N) is 1. The Hall–Kier alpha value is -3.61. The van der Waals surface area contributed by atoms with Gasteiger partial charge >= 0.3 is 12.1 Å². The van der Waals surface area contributed by atoms with E-state index in [4.69, 9.17) is 9.84 Å². The average molecular weight is 477 g/mol. The molecular weight excluding hydrogens is 444 g/mol. The quantitative estimate of drug-likeness (QED) is 0.517. The van der Waals surface area contributed by atoms with Crippen LogP contribution < -0.4 is 5.32 Å². The van der Waals surface area contributed by atoms with E-state index in [9.17, 15) is 14.4 Å². The first kappa shape index (κ1) is 24.5. The number of ether oxygens (including phenoxy) is 1. The molecule has 0 radical (unpaired) electrons. The molecule has 0 spiro atoms. The molecular formula is C28H32N2O5. The summed E-state index contributed by atoms with van der Waals surface area (Å²) in [7, 11) is 0. The summed E-state index contributed by atoms with van der Waals surface area (Å²) in [5.74, 6) is -1.28. The lowest BCUT2D eigenvalue weighted by molar-refractivity contribution is -0.140. The fourth-order valence-electron chi connectivity index (χ4n) is 5.08. The molecule has 0 aromatic heterocycles. The summed E-state index contributed by atoms with van der Waals surface area (Å²) in [4.78, 5) is 38.3. The van der Waals surface area contributed by atoms with Crippen LogP contribution in [0, 0.1) is 5.92 Å². The number of nitrogens with zero attached hydrogens (tertiary/aromatic N) is 1. The second-order valence-corrected chi connectivity index (χ2v) is 9.14. The number of allylic oxidation sites excluding steroid dienone is 1. The van der Waals surface area contributed by atoms with Gasteiger partial charge in [0.2, 0.25) is 5.91 Å². The maximum absolute atomic E-state index is 13.0. The van der Waals surface area contributed by atoms with Crippen molar-refractivity contribution in [2.45, 2.75) is 44.6 Å². The summed E-state index contributed by atoms with van der Waals surface area (Å²) in [6.45, 7) is 2.92. The van der Waals surface area contributed by atoms with Crippen molar-refractivity contribution in [3.05, 3.63) is 71.8 Å². The predicted molar refractivity (Wildman–Crippen MR) is 133 cm³/mol. The minimum absolute atomic E-state index is 0.0128. The molecule has 0 fully saturated rings. The number of hydrogen-bond donors (Lipinski definition) is 2. The first-order valence-corrected chi connectivity index (χ1v) is 12.3. The largest absolute Gasteiger partial charge is 0.481 e. The second-order valence-electron chi connectivity index (χ2n) is 9.14. The summed E-state index contributed by atoms with van der Waals surface area (Å²) in [6, 6.07) is 16.1. The van der Waals surface area contributed by atoms with Crippen molar-refractivity contribution < 1.29 is 24.2 Å². The summed E-state index contributed by atoms with van der Waals surface area (Å²) in [5, 5.41) is 11.9. The number of hydrogen-bond acceptors (Lipinski definition) is 4. The van der Waals surface area contributed by atoms with E-state index in [0.29, 0.717) is 19.4 Å². The number of aliphatic carboxylic acids is 1. The predicted octanol–water partition coefficient (Wildman–Crippen LogP) is 4.57. The zero-order valence-corrected chi connectivity index (χ0v) is 20.0. The number of rotatable bonds is 9. The van der Waals surface area contributed by atoms with Gasteiger partial charge in [-0.15, -0.1) is 0 Å². The monoisotopic (exact) mass is 476 g/mol. The van der Waals surface area contributed by atoms with Gasteiger partial charge in [0.25, 0.3) is 0 Å². The zero-order chi connectivity index (χ0) is 24.8. The van der Waals surface area contributed by atoms with Gasteiger partial charge in [0.15, 0.2) is 0 Å². The standard InChI is InChI=1S/C28H32N2O5/c1-2-15-30(16-14-26(31)32)27(33)19-8-7-9-20(17-19)29-28(34)35-18-25-23-12-5-3-10-21(23)22-11-4-6-13-24(22)25/h3-7,9-13,19-20,25H,2,8,14-18H2,1H3,(H,29,34)(H,31,32). The molecule has 7 heteroatoms. The Balaban J connectivity index is 1.33. The van der Waals surface area contributed by atoms with E-state index in [-0.39, 0.29) is 43.4 Å². The normalized spacial score (nSPS) is 18.4. The number of carbonyl (C=O) groups is 3. The van der Waals surface area contributed by atoms with Crippen LogP contribution >= 0.6 is 0 Å². The fourth-order valence-corrected chi connectivity index (χ4v) is 5.08. The highest BCUT2D eigenvalue weighted by Gasteiger charge is 2.31. The maximum Gasteiger partial charge on any atom is 0.407 e. The van der Waals surface area contributed by atoms with Crippen molar-refractivity contribution in [2.75, 3.05) is 19.7 Å². The highest BCUT2D eigenvalue weighted by molar-refractivity contribution is 5.81. The van der Waals surface area contributed by atoms with Crippen molar-refractivity contribution in [3.8, 4) is 11.1 Å². The lowest BCUT2D eigenvalue weighted by Crippen LogP contribution is -2.43. The van der Waals surface area contributed by atoms with Crippen LogP contribution in [0.4, 0.5) is 4.79 Å². The number of benzene rings is 2. The minimum atomic E-state index is -0.919. The van der Waals surface area contributed by atoms with Crippen LogP contribution in [0.5, 0.6) is 0 Å². The Morgan fingerprint density at radius 1 is 1.03 bits per heavy atom. The topological polar surface area (TPSA) is 95.9 Å². The molecule has 0 saturated heterocycles. The molecule has 2 atom stereocenters. The number of alkyl carbamates (subject to hydrolysis) is 1. The number of carbonyl (C=O) groups excluding carboxylic acids is 2. The number of carboxylic acids is 1. The van der Waals surface area contributed by atoms with E-state index in [1.54, 1.807) is 4.90 Å². The van der Waals surface area contributed by atoms with Crippen LogP contribution in [0.2, 0.25) is 0 Å². The lowest BCUT2D eigenvalue weighted by Gasteiger charge is -2.30. The lowest BCUT2D eigenvalue weighted by atomic mass is 9.89. The van der Waals surface area contributed by atoms with E-state index >= 15 is 0 Å². The van der Waals surface area contributed by atoms with E-state index in [1.165, 1.54) is 11.1 Å². The van der Waals surface area contributed by atoms with Gasteiger partial charge < -0.3 is 20.1 Å². The molecule has 2 unspecified atom stereocenters. The van der Waals surface area contributed by atoms with Crippen molar-refractivity contribution >= 4 is 18.0 Å². The third-order valence-electron chi connectivity index (χ3n) is 6.72. The Kier molecular flexibility index (Phi) is 7.85. The van der Waals surface area contributed by atoms with Gasteiger partial charge in [-0.1, -0.05) is 67.6 Å². The van der Waals surface area contributed by atoms with Gasteiger partial charge in [0.1, 0.15) is 6.61 Å². The molecule has 2 aromatic rings. The van der Waals surface area contributed by atoms with Gasteiger partial charge in [-0.2, -0.15) is 0 Å².